The number of halogens is 1. The van der Waals surface area contributed by atoms with Gasteiger partial charge in [0.1, 0.15) is 5.82 Å². The standard InChI is InChI=1S/C18H16FNO5/c1-25-18(24)13-8-7-12(19)9-15(13)20-16(21)10-14(17(22)23)11-5-3-2-4-6-11/h2-9,14H,10H2,1H3,(H,20,21)(H,22,23). The molecule has 25 heavy (non-hydrogen) atoms. The van der Waals surface area contributed by atoms with Crippen LogP contribution in [0, 0.1) is 5.82 Å². The molecule has 0 radical (unpaired) electrons. The fourth-order valence-corrected chi connectivity index (χ4v) is 2.33. The second-order valence-electron chi connectivity index (χ2n) is 5.24. The predicted octanol–water partition coefficient (Wildman–Crippen LogP) is 2.81. The second-order valence-corrected chi connectivity index (χ2v) is 5.24. The van der Waals surface area contributed by atoms with Crippen LogP contribution in [0.15, 0.2) is 48.5 Å². The number of amides is 1. The van der Waals surface area contributed by atoms with Gasteiger partial charge in [0.05, 0.1) is 24.3 Å². The Kier molecular flexibility index (Phi) is 5.84. The van der Waals surface area contributed by atoms with E-state index >= 15 is 0 Å². The number of esters is 1. The summed E-state index contributed by atoms with van der Waals surface area (Å²) < 4.78 is 18.0. The highest BCUT2D eigenvalue weighted by Gasteiger charge is 2.24. The molecule has 1 unspecified atom stereocenters. The van der Waals surface area contributed by atoms with E-state index in [4.69, 9.17) is 0 Å². The molecule has 130 valence electrons. The van der Waals surface area contributed by atoms with Gasteiger partial charge in [0.25, 0.3) is 0 Å². The number of methoxy groups -OCH3 is 1. The molecule has 0 saturated carbocycles. The molecule has 0 spiro atoms. The van der Waals surface area contributed by atoms with Gasteiger partial charge in [0.2, 0.25) is 5.91 Å². The minimum absolute atomic E-state index is 0.0242. The van der Waals surface area contributed by atoms with Crippen molar-refractivity contribution in [1.29, 1.82) is 0 Å². The molecule has 1 amide bonds. The summed E-state index contributed by atoms with van der Waals surface area (Å²) in [6, 6.07) is 11.5. The van der Waals surface area contributed by atoms with Gasteiger partial charge in [-0.1, -0.05) is 30.3 Å². The Bertz CT molecular complexity index is 791. The van der Waals surface area contributed by atoms with Crippen LogP contribution in [0.1, 0.15) is 28.3 Å². The summed E-state index contributed by atoms with van der Waals surface area (Å²) in [6.45, 7) is 0. The van der Waals surface area contributed by atoms with E-state index in [0.29, 0.717) is 5.56 Å². The van der Waals surface area contributed by atoms with Gasteiger partial charge in [-0.3, -0.25) is 9.59 Å². The number of anilines is 1. The first kappa shape index (κ1) is 18.1. The van der Waals surface area contributed by atoms with Crippen molar-refractivity contribution in [2.45, 2.75) is 12.3 Å². The summed E-state index contributed by atoms with van der Waals surface area (Å²) in [4.78, 5) is 35.4. The number of benzene rings is 2. The van der Waals surface area contributed by atoms with Gasteiger partial charge in [0.15, 0.2) is 0 Å². The largest absolute Gasteiger partial charge is 0.481 e. The first-order valence-corrected chi connectivity index (χ1v) is 7.38. The molecule has 1 atom stereocenters. The number of rotatable bonds is 6. The topological polar surface area (TPSA) is 92.7 Å². The van der Waals surface area contributed by atoms with Crippen LogP contribution >= 0.6 is 0 Å². The van der Waals surface area contributed by atoms with Gasteiger partial charge < -0.3 is 15.2 Å². The fourth-order valence-electron chi connectivity index (χ4n) is 2.33. The molecule has 0 aromatic heterocycles. The van der Waals surface area contributed by atoms with E-state index in [1.54, 1.807) is 30.3 Å². The lowest BCUT2D eigenvalue weighted by Crippen LogP contribution is -2.22. The number of ether oxygens (including phenoxy) is 1. The number of carbonyl (C=O) groups is 3. The van der Waals surface area contributed by atoms with Crippen molar-refractivity contribution in [2.75, 3.05) is 12.4 Å². The Hall–Kier alpha value is -3.22. The molecule has 2 aromatic rings. The first-order valence-electron chi connectivity index (χ1n) is 7.38. The van der Waals surface area contributed by atoms with Crippen LogP contribution in [-0.2, 0) is 14.3 Å². The lowest BCUT2D eigenvalue weighted by molar-refractivity contribution is -0.140. The van der Waals surface area contributed by atoms with E-state index in [1.165, 1.54) is 6.07 Å². The minimum atomic E-state index is -1.16. The second kappa shape index (κ2) is 8.05. The Labute approximate surface area is 143 Å². The van der Waals surface area contributed by atoms with Crippen molar-refractivity contribution < 1.29 is 28.6 Å². The Morgan fingerprint density at radius 3 is 2.44 bits per heavy atom. The van der Waals surface area contributed by atoms with Crippen LogP contribution in [0.3, 0.4) is 0 Å². The maximum Gasteiger partial charge on any atom is 0.339 e. The zero-order valence-electron chi connectivity index (χ0n) is 13.4. The lowest BCUT2D eigenvalue weighted by Gasteiger charge is -2.14. The van der Waals surface area contributed by atoms with Gasteiger partial charge >= 0.3 is 11.9 Å². The number of aliphatic carboxylic acids is 1. The number of hydrogen-bond donors (Lipinski definition) is 2. The van der Waals surface area contributed by atoms with Crippen LogP contribution in [0.2, 0.25) is 0 Å². The summed E-state index contributed by atoms with van der Waals surface area (Å²) in [5.74, 6) is -4.27. The van der Waals surface area contributed by atoms with Crippen LogP contribution in [0.5, 0.6) is 0 Å². The Morgan fingerprint density at radius 2 is 1.84 bits per heavy atom. The third-order valence-electron chi connectivity index (χ3n) is 3.55. The molecule has 0 aliphatic rings. The molecule has 0 saturated heterocycles. The van der Waals surface area contributed by atoms with E-state index < -0.39 is 29.6 Å². The molecule has 2 aromatic carbocycles. The highest BCUT2D eigenvalue weighted by atomic mass is 19.1. The average molecular weight is 345 g/mol. The summed E-state index contributed by atoms with van der Waals surface area (Å²) in [6.07, 6.45) is -0.365. The van der Waals surface area contributed by atoms with Crippen molar-refractivity contribution >= 4 is 23.5 Å². The van der Waals surface area contributed by atoms with E-state index in [2.05, 4.69) is 10.1 Å². The number of carboxylic acids is 1. The minimum Gasteiger partial charge on any atom is -0.481 e. The molecule has 0 aliphatic heterocycles. The zero-order valence-corrected chi connectivity index (χ0v) is 13.4. The molecule has 7 heteroatoms. The highest BCUT2D eigenvalue weighted by Crippen LogP contribution is 2.23. The van der Waals surface area contributed by atoms with Gasteiger partial charge in [-0.25, -0.2) is 9.18 Å². The van der Waals surface area contributed by atoms with Crippen molar-refractivity contribution in [3.05, 3.63) is 65.5 Å². The maximum absolute atomic E-state index is 13.4. The molecule has 2 N–H and O–H groups in total. The molecule has 0 fully saturated rings. The number of nitrogens with one attached hydrogen (secondary N) is 1. The van der Waals surface area contributed by atoms with Gasteiger partial charge in [-0.15, -0.1) is 0 Å². The van der Waals surface area contributed by atoms with Crippen molar-refractivity contribution in [3.63, 3.8) is 0 Å². The quantitative estimate of drug-likeness (QED) is 0.786. The van der Waals surface area contributed by atoms with Crippen LogP contribution in [0.25, 0.3) is 0 Å². The lowest BCUT2D eigenvalue weighted by atomic mass is 9.95. The van der Waals surface area contributed by atoms with Gasteiger partial charge in [-0.2, -0.15) is 0 Å². The van der Waals surface area contributed by atoms with Crippen molar-refractivity contribution in [3.8, 4) is 0 Å². The van der Waals surface area contributed by atoms with Gasteiger partial charge in [0, 0.05) is 6.42 Å². The van der Waals surface area contributed by atoms with E-state index in [-0.39, 0.29) is 17.7 Å². The molecular weight excluding hydrogens is 329 g/mol. The third kappa shape index (κ3) is 4.63. The maximum atomic E-state index is 13.4. The van der Waals surface area contributed by atoms with E-state index in [0.717, 1.165) is 19.2 Å². The average Bonchev–Trinajstić information content (AvgIpc) is 2.59. The van der Waals surface area contributed by atoms with E-state index in [9.17, 15) is 23.9 Å². The first-order chi connectivity index (χ1) is 11.9. The zero-order chi connectivity index (χ0) is 18.4. The number of hydrogen-bond acceptors (Lipinski definition) is 4. The molecule has 0 bridgehead atoms. The molecule has 2 rings (SSSR count). The third-order valence-corrected chi connectivity index (χ3v) is 3.55. The van der Waals surface area contributed by atoms with Crippen LogP contribution in [0.4, 0.5) is 10.1 Å². The summed E-state index contributed by atoms with van der Waals surface area (Å²) in [5.41, 5.74) is 0.371. The predicted molar refractivity (Wildman–Crippen MR) is 87.8 cm³/mol. The molecule has 6 nitrogen and oxygen atoms in total. The number of carbonyl (C=O) groups excluding carboxylic acids is 2. The van der Waals surface area contributed by atoms with E-state index in [1.807, 2.05) is 0 Å². The normalized spacial score (nSPS) is 11.4. The van der Waals surface area contributed by atoms with Crippen molar-refractivity contribution in [1.82, 2.24) is 0 Å². The Morgan fingerprint density at radius 1 is 1.16 bits per heavy atom. The molecular formula is C18H16FNO5. The Balaban J connectivity index is 2.20. The van der Waals surface area contributed by atoms with Crippen molar-refractivity contribution in [2.24, 2.45) is 0 Å². The highest BCUT2D eigenvalue weighted by molar-refractivity contribution is 6.02. The number of carboxylic acid groups (broad SMARTS) is 1. The van der Waals surface area contributed by atoms with Crippen LogP contribution in [-0.4, -0.2) is 30.1 Å². The van der Waals surface area contributed by atoms with Gasteiger partial charge in [-0.05, 0) is 23.8 Å². The SMILES string of the molecule is COC(=O)c1ccc(F)cc1NC(=O)CC(C(=O)O)c1ccccc1. The van der Waals surface area contributed by atoms with Crippen LogP contribution < -0.4 is 5.32 Å². The molecule has 0 heterocycles. The summed E-state index contributed by atoms with van der Waals surface area (Å²) in [5, 5.41) is 11.7. The summed E-state index contributed by atoms with van der Waals surface area (Å²) in [7, 11) is 1.16. The molecule has 0 aliphatic carbocycles. The monoisotopic (exact) mass is 345 g/mol. The smallest absolute Gasteiger partial charge is 0.339 e. The fraction of sp³-hybridized carbons (Fsp3) is 0.167. The summed E-state index contributed by atoms with van der Waals surface area (Å²) >= 11 is 0.